The molecule has 1 aromatic carbocycles. The quantitative estimate of drug-likeness (QED) is 0.461. The summed E-state index contributed by atoms with van der Waals surface area (Å²) < 4.78 is 4.80. The van der Waals surface area contributed by atoms with E-state index in [-0.39, 0.29) is 6.61 Å². The molecule has 0 saturated carbocycles. The molecule has 98 valence electrons. The van der Waals surface area contributed by atoms with E-state index in [0.717, 1.165) is 0 Å². The molecule has 0 unspecified atom stereocenters. The fraction of sp³-hybridized carbons (Fsp3) is 0.417. The first-order valence-electron chi connectivity index (χ1n) is 5.65. The van der Waals surface area contributed by atoms with Crippen LogP contribution >= 0.6 is 0 Å². The number of nitrogens with zero attached hydrogens (tertiary/aromatic N) is 1. The number of benzene rings is 1. The van der Waals surface area contributed by atoms with E-state index in [2.05, 4.69) is 0 Å². The Hall–Kier alpha value is -1.95. The van der Waals surface area contributed by atoms with Gasteiger partial charge in [0, 0.05) is 4.92 Å². The van der Waals surface area contributed by atoms with Gasteiger partial charge in [0.1, 0.15) is 6.04 Å². The molecule has 18 heavy (non-hydrogen) atoms. The predicted molar refractivity (Wildman–Crippen MR) is 65.7 cm³/mol. The summed E-state index contributed by atoms with van der Waals surface area (Å²) in [6.07, 6.45) is 0. The number of carbonyl (C=O) groups is 1. The number of nitrogens with two attached hydrogens (primary N) is 1. The highest BCUT2D eigenvalue weighted by molar-refractivity contribution is 5.76. The molecule has 6 heteroatoms. The van der Waals surface area contributed by atoms with Gasteiger partial charge in [-0.3, -0.25) is 14.9 Å². The van der Waals surface area contributed by atoms with Crippen LogP contribution < -0.4 is 5.73 Å². The SMILES string of the molecule is CCOC(=O)[C@@H](N)[C@H](C[N+](=O)[O-])c1ccccc1. The minimum atomic E-state index is -1.03. The third kappa shape index (κ3) is 3.81. The first kappa shape index (κ1) is 14.1. The van der Waals surface area contributed by atoms with Gasteiger partial charge in [0.05, 0.1) is 12.5 Å². The monoisotopic (exact) mass is 252 g/mol. The van der Waals surface area contributed by atoms with Gasteiger partial charge in [0.25, 0.3) is 0 Å². The van der Waals surface area contributed by atoms with Gasteiger partial charge in [0.2, 0.25) is 6.54 Å². The predicted octanol–water partition coefficient (Wildman–Crippen LogP) is 0.937. The molecule has 1 aromatic rings. The lowest BCUT2D eigenvalue weighted by molar-refractivity contribution is -0.483. The lowest BCUT2D eigenvalue weighted by Gasteiger charge is -2.19. The maximum atomic E-state index is 11.6. The van der Waals surface area contributed by atoms with Crippen molar-refractivity contribution in [3.63, 3.8) is 0 Å². The molecule has 0 spiro atoms. The summed E-state index contributed by atoms with van der Waals surface area (Å²) in [5.41, 5.74) is 6.41. The number of ether oxygens (including phenoxy) is 1. The Morgan fingerprint density at radius 2 is 2.06 bits per heavy atom. The Morgan fingerprint density at radius 3 is 2.56 bits per heavy atom. The molecule has 0 saturated heterocycles. The van der Waals surface area contributed by atoms with E-state index in [9.17, 15) is 14.9 Å². The smallest absolute Gasteiger partial charge is 0.323 e. The molecule has 0 aliphatic carbocycles. The first-order chi connectivity index (χ1) is 8.56. The zero-order valence-corrected chi connectivity index (χ0v) is 10.1. The fourth-order valence-corrected chi connectivity index (χ4v) is 1.69. The van der Waals surface area contributed by atoms with Crippen molar-refractivity contribution >= 4 is 5.97 Å². The summed E-state index contributed by atoms with van der Waals surface area (Å²) in [5.74, 6) is -1.30. The van der Waals surface area contributed by atoms with Gasteiger partial charge in [-0.2, -0.15) is 0 Å². The maximum Gasteiger partial charge on any atom is 0.323 e. The fourth-order valence-electron chi connectivity index (χ4n) is 1.69. The van der Waals surface area contributed by atoms with Crippen molar-refractivity contribution in [2.45, 2.75) is 18.9 Å². The molecule has 6 nitrogen and oxygen atoms in total. The van der Waals surface area contributed by atoms with Gasteiger partial charge in [0.15, 0.2) is 0 Å². The zero-order chi connectivity index (χ0) is 13.5. The molecule has 2 N–H and O–H groups in total. The van der Waals surface area contributed by atoms with Crippen molar-refractivity contribution in [3.05, 3.63) is 46.0 Å². The van der Waals surface area contributed by atoms with E-state index in [0.29, 0.717) is 5.56 Å². The molecule has 0 amide bonds. The summed E-state index contributed by atoms with van der Waals surface area (Å²) in [5, 5.41) is 10.7. The third-order valence-electron chi connectivity index (χ3n) is 2.57. The summed E-state index contributed by atoms with van der Waals surface area (Å²) in [6, 6.07) is 7.70. The maximum absolute atomic E-state index is 11.6. The normalized spacial score (nSPS) is 13.7. The van der Waals surface area contributed by atoms with Crippen molar-refractivity contribution in [1.82, 2.24) is 0 Å². The molecule has 1 rings (SSSR count). The van der Waals surface area contributed by atoms with Crippen LogP contribution in [0.4, 0.5) is 0 Å². The minimum absolute atomic E-state index is 0.201. The molecule has 0 aliphatic rings. The Kier molecular flexibility index (Phi) is 5.26. The van der Waals surface area contributed by atoms with Crippen LogP contribution in [0.25, 0.3) is 0 Å². The van der Waals surface area contributed by atoms with E-state index in [1.165, 1.54) is 0 Å². The second-order valence-corrected chi connectivity index (χ2v) is 3.81. The molecule has 0 radical (unpaired) electrons. The van der Waals surface area contributed by atoms with Gasteiger partial charge >= 0.3 is 5.97 Å². The molecule has 0 bridgehead atoms. The van der Waals surface area contributed by atoms with Gasteiger partial charge in [-0.05, 0) is 12.5 Å². The molecular weight excluding hydrogens is 236 g/mol. The van der Waals surface area contributed by atoms with Gasteiger partial charge in [-0.1, -0.05) is 30.3 Å². The molecule has 0 heterocycles. The number of hydrogen-bond acceptors (Lipinski definition) is 5. The Bertz CT molecular complexity index is 408. The van der Waals surface area contributed by atoms with Crippen LogP contribution in [0.15, 0.2) is 30.3 Å². The largest absolute Gasteiger partial charge is 0.465 e. The summed E-state index contributed by atoms with van der Waals surface area (Å²) in [7, 11) is 0. The second kappa shape index (κ2) is 6.70. The van der Waals surface area contributed by atoms with Crippen LogP contribution in [0.3, 0.4) is 0 Å². The number of carbonyl (C=O) groups excluding carboxylic acids is 1. The summed E-state index contributed by atoms with van der Waals surface area (Å²) in [6.45, 7) is 1.46. The molecule has 0 fully saturated rings. The first-order valence-corrected chi connectivity index (χ1v) is 5.65. The summed E-state index contributed by atoms with van der Waals surface area (Å²) >= 11 is 0. The van der Waals surface area contributed by atoms with Gasteiger partial charge < -0.3 is 10.5 Å². The van der Waals surface area contributed by atoms with E-state index in [1.807, 2.05) is 0 Å². The van der Waals surface area contributed by atoms with Crippen molar-refractivity contribution in [2.75, 3.05) is 13.2 Å². The molecule has 0 aromatic heterocycles. The van der Waals surface area contributed by atoms with Crippen LogP contribution in [0.5, 0.6) is 0 Å². The standard InChI is InChI=1S/C12H16N2O4/c1-2-18-12(15)11(13)10(8-14(16)17)9-6-4-3-5-7-9/h3-7,10-11H,2,8,13H2,1H3/t10-,11+/m1/s1. The van der Waals surface area contributed by atoms with Crippen molar-refractivity contribution < 1.29 is 14.5 Å². The van der Waals surface area contributed by atoms with Crippen LogP contribution in [-0.4, -0.2) is 30.1 Å². The third-order valence-corrected chi connectivity index (χ3v) is 2.57. The highest BCUT2D eigenvalue weighted by Crippen LogP contribution is 2.19. The zero-order valence-electron chi connectivity index (χ0n) is 10.1. The lowest BCUT2D eigenvalue weighted by Crippen LogP contribution is -2.41. The number of hydrogen-bond donors (Lipinski definition) is 1. The Labute approximate surface area is 105 Å². The van der Waals surface area contributed by atoms with Crippen LogP contribution in [0.2, 0.25) is 0 Å². The van der Waals surface area contributed by atoms with Gasteiger partial charge in [-0.25, -0.2) is 0 Å². The topological polar surface area (TPSA) is 95.5 Å². The number of rotatable bonds is 6. The number of esters is 1. The van der Waals surface area contributed by atoms with Crippen LogP contribution in [0.1, 0.15) is 18.4 Å². The lowest BCUT2D eigenvalue weighted by atomic mass is 9.92. The van der Waals surface area contributed by atoms with E-state index in [1.54, 1.807) is 37.3 Å². The van der Waals surface area contributed by atoms with Gasteiger partial charge in [-0.15, -0.1) is 0 Å². The average Bonchev–Trinajstić information content (AvgIpc) is 2.36. The highest BCUT2D eigenvalue weighted by atomic mass is 16.6. The molecular formula is C12H16N2O4. The Balaban J connectivity index is 2.91. The molecule has 2 atom stereocenters. The van der Waals surface area contributed by atoms with Crippen LogP contribution in [0, 0.1) is 10.1 Å². The summed E-state index contributed by atoms with van der Waals surface area (Å²) in [4.78, 5) is 21.8. The van der Waals surface area contributed by atoms with Crippen LogP contribution in [-0.2, 0) is 9.53 Å². The molecule has 0 aliphatic heterocycles. The Morgan fingerprint density at radius 1 is 1.44 bits per heavy atom. The average molecular weight is 252 g/mol. The van der Waals surface area contributed by atoms with E-state index < -0.39 is 29.4 Å². The number of nitro groups is 1. The van der Waals surface area contributed by atoms with Crippen molar-refractivity contribution in [2.24, 2.45) is 5.73 Å². The van der Waals surface area contributed by atoms with Crippen molar-refractivity contribution in [3.8, 4) is 0 Å². The minimum Gasteiger partial charge on any atom is -0.465 e. The van der Waals surface area contributed by atoms with E-state index >= 15 is 0 Å². The van der Waals surface area contributed by atoms with E-state index in [4.69, 9.17) is 10.5 Å². The van der Waals surface area contributed by atoms with Crippen molar-refractivity contribution in [1.29, 1.82) is 0 Å². The second-order valence-electron chi connectivity index (χ2n) is 3.81. The highest BCUT2D eigenvalue weighted by Gasteiger charge is 2.31.